The molecule has 66 heavy (non-hydrogen) atoms. The number of fused-ring (bicyclic) bond motifs is 3. The first-order chi connectivity index (χ1) is 32.4. The van der Waals surface area contributed by atoms with Crippen LogP contribution >= 0.6 is 23.2 Å². The fourth-order valence-electron chi connectivity index (χ4n) is 8.28. The highest BCUT2D eigenvalue weighted by Gasteiger charge is 2.17. The number of benzene rings is 9. The second kappa shape index (κ2) is 17.3. The van der Waals surface area contributed by atoms with Crippen LogP contribution in [0.15, 0.2) is 229 Å². The molecule has 1 aliphatic carbocycles. The number of nitrogens with one attached hydrogen (secondary N) is 2. The molecule has 9 aromatic carbocycles. The molecule has 1 heterocycles. The quantitative estimate of drug-likeness (QED) is 0.106. The lowest BCUT2D eigenvalue weighted by molar-refractivity contribution is 0.766. The van der Waals surface area contributed by atoms with Crippen LogP contribution < -0.4 is 15.2 Å². The Morgan fingerprint density at radius 2 is 0.955 bits per heavy atom. The van der Waals surface area contributed by atoms with E-state index in [0.29, 0.717) is 21.5 Å². The lowest BCUT2D eigenvalue weighted by Gasteiger charge is -2.27. The number of nitrogens with zero attached hydrogens (tertiary/aromatic N) is 6. The van der Waals surface area contributed by atoms with E-state index in [1.54, 1.807) is 23.0 Å². The van der Waals surface area contributed by atoms with Gasteiger partial charge >= 0.3 is 0 Å². The zero-order valence-electron chi connectivity index (χ0n) is 35.2. The molecule has 0 bridgehead atoms. The van der Waals surface area contributed by atoms with E-state index in [9.17, 15) is 0 Å². The average molecular weight is 894 g/mol. The molecule has 2 N–H and O–H groups in total. The summed E-state index contributed by atoms with van der Waals surface area (Å²) in [4.78, 5) is 6.18. The summed E-state index contributed by atoms with van der Waals surface area (Å²) in [6, 6.07) is 69.3. The van der Waals surface area contributed by atoms with Crippen LogP contribution in [0.2, 0.25) is 5.02 Å². The van der Waals surface area contributed by atoms with Crippen molar-refractivity contribution in [1.29, 1.82) is 5.41 Å². The van der Waals surface area contributed by atoms with Gasteiger partial charge in [0, 0.05) is 44.2 Å². The number of halogens is 2. The van der Waals surface area contributed by atoms with Crippen molar-refractivity contribution in [1.82, 2.24) is 15.0 Å². The summed E-state index contributed by atoms with van der Waals surface area (Å²) < 4.78 is 0. The van der Waals surface area contributed by atoms with Gasteiger partial charge in [-0.1, -0.05) is 108 Å². The lowest BCUT2D eigenvalue weighted by Crippen LogP contribution is -2.13. The molecular formula is C56H38Cl2N8. The van der Waals surface area contributed by atoms with Gasteiger partial charge < -0.3 is 9.80 Å². The van der Waals surface area contributed by atoms with E-state index in [1.807, 2.05) is 42.5 Å². The van der Waals surface area contributed by atoms with E-state index in [-0.39, 0.29) is 0 Å². The molecule has 11 rings (SSSR count). The molecule has 10 aromatic rings. The first-order valence-electron chi connectivity index (χ1n) is 21.4. The van der Waals surface area contributed by atoms with Crippen LogP contribution in [-0.4, -0.2) is 26.4 Å². The second-order valence-electron chi connectivity index (χ2n) is 15.9. The summed E-state index contributed by atoms with van der Waals surface area (Å²) in [5.41, 5.74) is 15.3. The van der Waals surface area contributed by atoms with E-state index in [2.05, 4.69) is 188 Å². The smallest absolute Gasteiger partial charge is 0.115 e. The zero-order chi connectivity index (χ0) is 44.6. The van der Waals surface area contributed by atoms with Crippen LogP contribution in [0.3, 0.4) is 0 Å². The van der Waals surface area contributed by atoms with Crippen LogP contribution in [0.25, 0.3) is 49.4 Å². The highest BCUT2D eigenvalue weighted by molar-refractivity contribution is 6.52. The van der Waals surface area contributed by atoms with E-state index in [1.165, 1.54) is 10.8 Å². The summed E-state index contributed by atoms with van der Waals surface area (Å²) in [5, 5.41) is 27.8. The van der Waals surface area contributed by atoms with E-state index >= 15 is 0 Å². The Bertz CT molecular complexity index is 3540. The van der Waals surface area contributed by atoms with Gasteiger partial charge in [0.05, 0.1) is 17.1 Å². The molecule has 0 amide bonds. The summed E-state index contributed by atoms with van der Waals surface area (Å²) in [6.07, 6.45) is 4.99. The minimum absolute atomic E-state index is 0.292. The van der Waals surface area contributed by atoms with Gasteiger partial charge in [0.25, 0.3) is 0 Å². The second-order valence-corrected chi connectivity index (χ2v) is 16.8. The predicted octanol–water partition coefficient (Wildman–Crippen LogP) is 15.5. The first-order valence-corrected chi connectivity index (χ1v) is 22.1. The van der Waals surface area contributed by atoms with Gasteiger partial charge in [0.1, 0.15) is 16.7 Å². The molecular weight excluding hydrogens is 856 g/mol. The topological polar surface area (TPSA) is 85.4 Å². The fraction of sp³-hybridized carbons (Fsp3) is 0. The highest BCUT2D eigenvalue weighted by Crippen LogP contribution is 2.40. The summed E-state index contributed by atoms with van der Waals surface area (Å²) in [6.45, 7) is 0. The molecule has 1 aliphatic rings. The molecule has 1 aromatic heterocycles. The largest absolute Gasteiger partial charge is 0.310 e. The summed E-state index contributed by atoms with van der Waals surface area (Å²) in [7, 11) is 0. The van der Waals surface area contributed by atoms with Crippen molar-refractivity contribution in [3.8, 4) is 16.8 Å². The Hall–Kier alpha value is -8.30. The molecule has 8 nitrogen and oxygen atoms in total. The Kier molecular flexibility index (Phi) is 10.6. The maximum absolute atomic E-state index is 8.19. The van der Waals surface area contributed by atoms with E-state index in [0.717, 1.165) is 78.4 Å². The normalized spacial score (nSPS) is 13.1. The third-order valence-corrected chi connectivity index (χ3v) is 12.1. The fourth-order valence-corrected chi connectivity index (χ4v) is 8.61. The van der Waals surface area contributed by atoms with Crippen LogP contribution in [0, 0.1) is 5.41 Å². The van der Waals surface area contributed by atoms with Crippen LogP contribution in [0.5, 0.6) is 0 Å². The average Bonchev–Trinajstić information content (AvgIpc) is 3.79. The lowest BCUT2D eigenvalue weighted by atomic mass is 10.0. The van der Waals surface area contributed by atoms with Crippen molar-refractivity contribution in [3.63, 3.8) is 0 Å². The predicted molar refractivity (Wildman–Crippen MR) is 276 cm³/mol. The highest BCUT2D eigenvalue weighted by atomic mass is 35.5. The number of hydrazone groups is 1. The molecule has 0 radical (unpaired) electrons. The molecule has 0 spiro atoms. The Labute approximate surface area is 391 Å². The number of rotatable bonds is 10. The minimum atomic E-state index is 0.292. The van der Waals surface area contributed by atoms with Gasteiger partial charge in [-0.3, -0.25) is 10.8 Å². The molecule has 316 valence electrons. The molecule has 0 aliphatic heterocycles. The van der Waals surface area contributed by atoms with Gasteiger partial charge in [-0.05, 0) is 166 Å². The van der Waals surface area contributed by atoms with Crippen molar-refractivity contribution >= 4 is 107 Å². The molecule has 0 saturated heterocycles. The van der Waals surface area contributed by atoms with Gasteiger partial charge in [-0.15, -0.1) is 10.2 Å². The third kappa shape index (κ3) is 8.18. The maximum atomic E-state index is 8.19. The molecule has 10 heteroatoms. The number of anilines is 7. The number of hydrogen-bond acceptors (Lipinski definition) is 7. The van der Waals surface area contributed by atoms with Crippen molar-refractivity contribution in [2.24, 2.45) is 5.10 Å². The van der Waals surface area contributed by atoms with Gasteiger partial charge in [-0.2, -0.15) is 9.90 Å². The van der Waals surface area contributed by atoms with Crippen LogP contribution in [0.4, 0.5) is 39.8 Å². The van der Waals surface area contributed by atoms with Gasteiger partial charge in [0.2, 0.25) is 0 Å². The van der Waals surface area contributed by atoms with Crippen molar-refractivity contribution < 1.29 is 0 Å². The Balaban J connectivity index is 0.899. The van der Waals surface area contributed by atoms with Crippen LogP contribution in [0.1, 0.15) is 0 Å². The monoisotopic (exact) mass is 892 g/mol. The van der Waals surface area contributed by atoms with Crippen molar-refractivity contribution in [3.05, 3.63) is 228 Å². The van der Waals surface area contributed by atoms with Crippen molar-refractivity contribution in [2.75, 3.05) is 15.2 Å². The number of aromatic nitrogens is 3. The van der Waals surface area contributed by atoms with Gasteiger partial charge in [-0.25, -0.2) is 0 Å². The van der Waals surface area contributed by atoms with E-state index < -0.39 is 0 Å². The van der Waals surface area contributed by atoms with Crippen LogP contribution in [-0.2, 0) is 0 Å². The summed E-state index contributed by atoms with van der Waals surface area (Å²) in [5.74, 6) is 0. The number of allylic oxidation sites excluding steroid dienone is 4. The Morgan fingerprint density at radius 1 is 0.470 bits per heavy atom. The van der Waals surface area contributed by atoms with E-state index in [4.69, 9.17) is 28.6 Å². The molecule has 0 atom stereocenters. The summed E-state index contributed by atoms with van der Waals surface area (Å²) >= 11 is 12.4. The standard InChI is InChI=1S/C56H38Cl2N8/c57-43-15-31-53(59)55(35-43)61-60-45-17-25-48(26-18-45)64(51-23-13-37-5-1-3-7-41(37)33-51)46-19-9-39(10-20-46)40-11-21-47(22-12-40)65(52-24-14-38-6-2-4-8-42(38)34-52)49-27-29-50(30-28-49)66-62-54-32-16-44(58)36-56(54)63-66/h1-36,59-60H. The van der Waals surface area contributed by atoms with Crippen molar-refractivity contribution in [2.45, 2.75) is 0 Å². The number of hydrogen-bond donors (Lipinski definition) is 2. The molecule has 0 unspecified atom stereocenters. The minimum Gasteiger partial charge on any atom is -0.310 e. The SMILES string of the molecule is N=C1C=CC(Cl)=CC1=NNc1ccc(N(c2ccc(-c3ccc(N(c4ccc(-n5nc6ccc(Cl)cc6n5)cc4)c4ccc5ccccc5c4)cc3)cc2)c2ccc3ccccc3c2)cc1. The van der Waals surface area contributed by atoms with Gasteiger partial charge in [0.15, 0.2) is 0 Å². The molecule has 0 saturated carbocycles. The Morgan fingerprint density at radius 3 is 1.52 bits per heavy atom. The maximum Gasteiger partial charge on any atom is 0.115 e. The molecule has 0 fully saturated rings. The first kappa shape index (κ1) is 40.5. The third-order valence-electron chi connectivity index (χ3n) is 11.6. The zero-order valence-corrected chi connectivity index (χ0v) is 36.7.